The van der Waals surface area contributed by atoms with Crippen LogP contribution in [0.15, 0.2) is 54.6 Å². The maximum atomic E-state index is 12.2. The Kier molecular flexibility index (Phi) is 7.17. The SMILES string of the molecule is COc1ccc(CNC(=O)CN(CCc2ccccc2)S(C)(=O)=O)cc1. The molecular weight excluding hydrogens is 352 g/mol. The largest absolute Gasteiger partial charge is 0.497 e. The molecule has 1 amide bonds. The Bertz CT molecular complexity index is 805. The van der Waals surface area contributed by atoms with E-state index in [9.17, 15) is 13.2 Å². The van der Waals surface area contributed by atoms with E-state index < -0.39 is 10.0 Å². The molecule has 0 heterocycles. The molecule has 0 radical (unpaired) electrons. The second-order valence-corrected chi connectivity index (χ2v) is 7.94. The van der Waals surface area contributed by atoms with Gasteiger partial charge in [-0.25, -0.2) is 8.42 Å². The quantitative estimate of drug-likeness (QED) is 0.724. The fourth-order valence-corrected chi connectivity index (χ4v) is 3.20. The number of sulfonamides is 1. The molecule has 0 aliphatic heterocycles. The molecule has 0 saturated heterocycles. The van der Waals surface area contributed by atoms with Crippen LogP contribution in [0.25, 0.3) is 0 Å². The molecule has 0 unspecified atom stereocenters. The van der Waals surface area contributed by atoms with Gasteiger partial charge in [-0.05, 0) is 29.7 Å². The van der Waals surface area contributed by atoms with Gasteiger partial charge >= 0.3 is 0 Å². The van der Waals surface area contributed by atoms with Crippen LogP contribution >= 0.6 is 0 Å². The Balaban J connectivity index is 1.89. The van der Waals surface area contributed by atoms with Crippen LogP contribution in [0.4, 0.5) is 0 Å². The summed E-state index contributed by atoms with van der Waals surface area (Å²) < 4.78 is 30.2. The Morgan fingerprint density at radius 2 is 1.69 bits per heavy atom. The standard InChI is InChI=1S/C19H24N2O4S/c1-25-18-10-8-17(9-11-18)14-20-19(22)15-21(26(2,23)24)13-12-16-6-4-3-5-7-16/h3-11H,12-15H2,1-2H3,(H,20,22). The summed E-state index contributed by atoms with van der Waals surface area (Å²) in [5.74, 6) is 0.406. The van der Waals surface area contributed by atoms with Gasteiger partial charge in [0.15, 0.2) is 0 Å². The molecule has 0 aliphatic carbocycles. The monoisotopic (exact) mass is 376 g/mol. The van der Waals surface area contributed by atoms with Crippen LogP contribution in [-0.2, 0) is 27.8 Å². The lowest BCUT2D eigenvalue weighted by Crippen LogP contribution is -2.41. The highest BCUT2D eigenvalue weighted by molar-refractivity contribution is 7.88. The van der Waals surface area contributed by atoms with Crippen LogP contribution in [-0.4, -0.2) is 45.1 Å². The molecule has 2 aromatic carbocycles. The van der Waals surface area contributed by atoms with E-state index >= 15 is 0 Å². The zero-order valence-electron chi connectivity index (χ0n) is 15.0. The van der Waals surface area contributed by atoms with Gasteiger partial charge < -0.3 is 10.1 Å². The lowest BCUT2D eigenvalue weighted by molar-refractivity contribution is -0.121. The molecule has 2 rings (SSSR count). The first-order valence-electron chi connectivity index (χ1n) is 8.27. The fraction of sp³-hybridized carbons (Fsp3) is 0.316. The van der Waals surface area contributed by atoms with Gasteiger partial charge in [-0.15, -0.1) is 0 Å². The first-order chi connectivity index (χ1) is 12.4. The van der Waals surface area contributed by atoms with Crippen LogP contribution in [0.1, 0.15) is 11.1 Å². The lowest BCUT2D eigenvalue weighted by Gasteiger charge is -2.19. The van der Waals surface area contributed by atoms with Crippen molar-refractivity contribution in [2.75, 3.05) is 26.5 Å². The summed E-state index contributed by atoms with van der Waals surface area (Å²) in [6.45, 7) is 0.403. The van der Waals surface area contributed by atoms with E-state index in [4.69, 9.17) is 4.74 Å². The number of amides is 1. The Hall–Kier alpha value is -2.38. The number of rotatable bonds is 9. The van der Waals surface area contributed by atoms with Crippen molar-refractivity contribution in [1.82, 2.24) is 9.62 Å². The third kappa shape index (κ3) is 6.50. The first kappa shape index (κ1) is 19.9. The third-order valence-corrected chi connectivity index (χ3v) is 5.18. The Morgan fingerprint density at radius 3 is 2.27 bits per heavy atom. The number of carbonyl (C=O) groups excluding carboxylic acids is 1. The molecule has 0 spiro atoms. The average molecular weight is 376 g/mol. The van der Waals surface area contributed by atoms with Crippen molar-refractivity contribution in [3.63, 3.8) is 0 Å². The average Bonchev–Trinajstić information content (AvgIpc) is 2.63. The van der Waals surface area contributed by atoms with E-state index in [0.717, 1.165) is 23.1 Å². The van der Waals surface area contributed by atoms with Crippen molar-refractivity contribution in [1.29, 1.82) is 0 Å². The van der Waals surface area contributed by atoms with Crippen LogP contribution in [0.5, 0.6) is 5.75 Å². The van der Waals surface area contributed by atoms with Crippen LogP contribution < -0.4 is 10.1 Å². The highest BCUT2D eigenvalue weighted by Gasteiger charge is 2.19. The van der Waals surface area contributed by atoms with Gasteiger partial charge in [-0.3, -0.25) is 4.79 Å². The Labute approximate surface area is 154 Å². The molecular formula is C19H24N2O4S. The predicted octanol–water partition coefficient (Wildman–Crippen LogP) is 1.82. The minimum absolute atomic E-state index is 0.193. The highest BCUT2D eigenvalue weighted by Crippen LogP contribution is 2.11. The zero-order chi connectivity index (χ0) is 19.0. The van der Waals surface area contributed by atoms with E-state index in [0.29, 0.717) is 13.0 Å². The minimum Gasteiger partial charge on any atom is -0.497 e. The predicted molar refractivity (Wildman–Crippen MR) is 101 cm³/mol. The fourth-order valence-electron chi connectivity index (χ4n) is 2.42. The number of hydrogen-bond donors (Lipinski definition) is 1. The van der Waals surface area contributed by atoms with Crippen molar-refractivity contribution in [2.24, 2.45) is 0 Å². The maximum Gasteiger partial charge on any atom is 0.235 e. The molecule has 0 atom stereocenters. The molecule has 0 saturated carbocycles. The van der Waals surface area contributed by atoms with Crippen molar-refractivity contribution < 1.29 is 17.9 Å². The van der Waals surface area contributed by atoms with Crippen LogP contribution in [0.2, 0.25) is 0 Å². The van der Waals surface area contributed by atoms with Gasteiger partial charge in [0.05, 0.1) is 19.9 Å². The summed E-state index contributed by atoms with van der Waals surface area (Å²) in [4.78, 5) is 12.2. The summed E-state index contributed by atoms with van der Waals surface area (Å²) in [5, 5.41) is 2.75. The number of hydrogen-bond acceptors (Lipinski definition) is 4. The molecule has 0 bridgehead atoms. The number of nitrogens with one attached hydrogen (secondary N) is 1. The minimum atomic E-state index is -3.47. The highest BCUT2D eigenvalue weighted by atomic mass is 32.2. The molecule has 26 heavy (non-hydrogen) atoms. The van der Waals surface area contributed by atoms with Crippen molar-refractivity contribution in [2.45, 2.75) is 13.0 Å². The molecule has 0 fully saturated rings. The lowest BCUT2D eigenvalue weighted by atomic mass is 10.1. The van der Waals surface area contributed by atoms with E-state index in [-0.39, 0.29) is 19.0 Å². The number of nitrogens with zero attached hydrogens (tertiary/aromatic N) is 1. The van der Waals surface area contributed by atoms with E-state index in [2.05, 4.69) is 5.32 Å². The Morgan fingerprint density at radius 1 is 1.04 bits per heavy atom. The zero-order valence-corrected chi connectivity index (χ0v) is 15.8. The summed E-state index contributed by atoms with van der Waals surface area (Å²) in [7, 11) is -1.88. The number of ether oxygens (including phenoxy) is 1. The number of methoxy groups -OCH3 is 1. The summed E-state index contributed by atoms with van der Waals surface area (Å²) in [5.41, 5.74) is 1.94. The van der Waals surface area contributed by atoms with E-state index in [1.165, 1.54) is 4.31 Å². The maximum absolute atomic E-state index is 12.2. The van der Waals surface area contributed by atoms with E-state index in [1.54, 1.807) is 7.11 Å². The summed E-state index contributed by atoms with van der Waals surface area (Å²) in [6, 6.07) is 16.9. The van der Waals surface area contributed by atoms with Crippen LogP contribution in [0, 0.1) is 0 Å². The molecule has 1 N–H and O–H groups in total. The second kappa shape index (κ2) is 9.35. The molecule has 7 heteroatoms. The van der Waals surface area contributed by atoms with Crippen molar-refractivity contribution in [3.8, 4) is 5.75 Å². The van der Waals surface area contributed by atoms with Gasteiger partial charge in [0.2, 0.25) is 15.9 Å². The summed E-state index contributed by atoms with van der Waals surface area (Å²) >= 11 is 0. The van der Waals surface area contributed by atoms with Crippen LogP contribution in [0.3, 0.4) is 0 Å². The summed E-state index contributed by atoms with van der Waals surface area (Å²) in [6.07, 6.45) is 1.68. The molecule has 0 aliphatic rings. The normalized spacial score (nSPS) is 11.3. The number of benzene rings is 2. The second-order valence-electron chi connectivity index (χ2n) is 5.96. The molecule has 0 aromatic heterocycles. The van der Waals surface area contributed by atoms with E-state index in [1.807, 2.05) is 54.6 Å². The third-order valence-electron chi connectivity index (χ3n) is 3.93. The van der Waals surface area contributed by atoms with Gasteiger partial charge in [-0.1, -0.05) is 42.5 Å². The molecule has 6 nitrogen and oxygen atoms in total. The topological polar surface area (TPSA) is 75.7 Å². The van der Waals surface area contributed by atoms with Gasteiger partial charge in [0.1, 0.15) is 5.75 Å². The van der Waals surface area contributed by atoms with Crippen molar-refractivity contribution >= 4 is 15.9 Å². The van der Waals surface area contributed by atoms with Gasteiger partial charge in [0, 0.05) is 13.1 Å². The smallest absolute Gasteiger partial charge is 0.235 e. The van der Waals surface area contributed by atoms with Crippen molar-refractivity contribution in [3.05, 3.63) is 65.7 Å². The molecule has 2 aromatic rings. The van der Waals surface area contributed by atoms with Gasteiger partial charge in [-0.2, -0.15) is 4.31 Å². The van der Waals surface area contributed by atoms with Gasteiger partial charge in [0.25, 0.3) is 0 Å². The number of carbonyl (C=O) groups is 1. The first-order valence-corrected chi connectivity index (χ1v) is 10.1. The molecule has 140 valence electrons.